The second kappa shape index (κ2) is 13.4. The Kier molecular flexibility index (Phi) is 9.99. The predicted octanol–water partition coefficient (Wildman–Crippen LogP) is -4.30. The molecular weight excluding hydrogens is 608 g/mol. The number of allylic oxidation sites excluding steroid dienone is 1. The van der Waals surface area contributed by atoms with Gasteiger partial charge in [0.05, 0.1) is 31.0 Å². The second-order valence-corrected chi connectivity index (χ2v) is 11.2. The van der Waals surface area contributed by atoms with E-state index >= 15 is 0 Å². The molecule has 0 spiro atoms. The summed E-state index contributed by atoms with van der Waals surface area (Å²) in [7, 11) is 0. The molecule has 3 aliphatic heterocycles. The third kappa shape index (κ3) is 6.53. The maximum absolute atomic E-state index is 13.2. The summed E-state index contributed by atoms with van der Waals surface area (Å²) in [5, 5.41) is 102. The highest BCUT2D eigenvalue weighted by molar-refractivity contribution is 5.89. The van der Waals surface area contributed by atoms with Gasteiger partial charge in [-0.2, -0.15) is 0 Å². The number of esters is 1. The third-order valence-corrected chi connectivity index (χ3v) is 8.28. The summed E-state index contributed by atoms with van der Waals surface area (Å²) in [5.74, 6) is -3.10. The Morgan fingerprint density at radius 1 is 0.822 bits per heavy atom. The molecule has 0 aromatic heterocycles. The van der Waals surface area contributed by atoms with Crippen molar-refractivity contribution >= 4 is 5.97 Å². The lowest BCUT2D eigenvalue weighted by Gasteiger charge is -2.44. The van der Waals surface area contributed by atoms with Crippen molar-refractivity contribution in [3.8, 4) is 11.5 Å². The highest BCUT2D eigenvalue weighted by Crippen LogP contribution is 2.45. The zero-order valence-electron chi connectivity index (χ0n) is 23.5. The van der Waals surface area contributed by atoms with Gasteiger partial charge in [-0.05, 0) is 24.3 Å². The monoisotopic (exact) mass is 644 g/mol. The van der Waals surface area contributed by atoms with Gasteiger partial charge in [-0.3, -0.25) is 0 Å². The van der Waals surface area contributed by atoms with Crippen LogP contribution in [0.1, 0.15) is 0 Å². The van der Waals surface area contributed by atoms with Crippen LogP contribution in [0.5, 0.6) is 11.5 Å². The first-order chi connectivity index (χ1) is 21.4. The van der Waals surface area contributed by atoms with E-state index in [1.807, 2.05) is 0 Å². The predicted molar refractivity (Wildman–Crippen MR) is 142 cm³/mol. The number of benzene rings is 1. The molecule has 0 saturated carbocycles. The van der Waals surface area contributed by atoms with Gasteiger partial charge in [0.2, 0.25) is 12.6 Å². The molecule has 1 aliphatic carbocycles. The van der Waals surface area contributed by atoms with Gasteiger partial charge in [0, 0.05) is 5.92 Å². The molecule has 250 valence electrons. The van der Waals surface area contributed by atoms with E-state index in [4.69, 9.17) is 28.4 Å². The van der Waals surface area contributed by atoms with Crippen molar-refractivity contribution in [1.29, 1.82) is 0 Å². The first-order valence-corrected chi connectivity index (χ1v) is 14.0. The van der Waals surface area contributed by atoms with E-state index in [1.54, 1.807) is 0 Å². The normalized spacial score (nSPS) is 42.8. The topological polar surface area (TPSA) is 275 Å². The van der Waals surface area contributed by atoms with Crippen LogP contribution in [0.2, 0.25) is 0 Å². The fraction of sp³-hybridized carbons (Fsp3) is 0.607. The molecule has 0 bridgehead atoms. The number of ether oxygens (including phenoxy) is 6. The van der Waals surface area contributed by atoms with Crippen LogP contribution >= 0.6 is 0 Å². The number of aromatic hydroxyl groups is 1. The van der Waals surface area contributed by atoms with E-state index in [0.717, 1.165) is 6.26 Å². The Balaban J connectivity index is 1.27. The quantitative estimate of drug-likeness (QED) is 0.0899. The van der Waals surface area contributed by atoms with E-state index in [2.05, 4.69) is 0 Å². The molecule has 1 aromatic rings. The van der Waals surface area contributed by atoms with Crippen molar-refractivity contribution in [2.45, 2.75) is 73.3 Å². The number of aliphatic hydroxyl groups excluding tert-OH is 8. The average molecular weight is 645 g/mol. The number of fused-ring (bicyclic) bond motifs is 1. The minimum atomic E-state index is -2.00. The van der Waals surface area contributed by atoms with Gasteiger partial charge in [0.15, 0.2) is 6.29 Å². The van der Waals surface area contributed by atoms with Gasteiger partial charge >= 0.3 is 5.97 Å². The number of carbonyl (C=O) groups excluding carboxylic acids is 1. The number of phenolic OH excluding ortho intramolecular Hbond substituents is 1. The highest BCUT2D eigenvalue weighted by atomic mass is 16.8. The molecule has 17 nitrogen and oxygen atoms in total. The molecule has 2 saturated heterocycles. The number of rotatable bonds is 9. The molecule has 5 rings (SSSR count). The van der Waals surface area contributed by atoms with Gasteiger partial charge in [0.1, 0.15) is 72.5 Å². The molecule has 1 aromatic carbocycles. The SMILES string of the molecule is O=C(OCC1OC(Oc2ccc(O)cc2)C(O)C(O)C1O)C1=COC(OC2OC(CO)C(O)C(O)C2O)C2C1C=CC2(O)CO. The standard InChI is InChI=1S/C28H36O17/c29-7-15-18(32)20(34)23(37)27(43-15)45-25-17-13(5-6-28(17,39)10-30)14(8-41-25)24(38)40-9-16-19(33)21(35)22(36)26(44-16)42-12-3-1-11(31)2-4-12/h1-6,8,13,15-23,25-27,29-37,39H,7,9-10H2. The van der Waals surface area contributed by atoms with E-state index in [1.165, 1.54) is 36.4 Å². The lowest BCUT2D eigenvalue weighted by atomic mass is 9.79. The smallest absolute Gasteiger partial charge is 0.337 e. The van der Waals surface area contributed by atoms with Gasteiger partial charge in [-0.25, -0.2) is 4.79 Å². The Morgan fingerprint density at radius 2 is 1.44 bits per heavy atom. The first kappa shape index (κ1) is 33.5. The lowest BCUT2D eigenvalue weighted by Crippen LogP contribution is -2.61. The van der Waals surface area contributed by atoms with Crippen LogP contribution < -0.4 is 4.74 Å². The summed E-state index contributed by atoms with van der Waals surface area (Å²) in [5.41, 5.74) is -2.15. The molecule has 0 amide bonds. The summed E-state index contributed by atoms with van der Waals surface area (Å²) in [6.07, 6.45) is -14.1. The van der Waals surface area contributed by atoms with E-state index < -0.39 is 111 Å². The summed E-state index contributed by atoms with van der Waals surface area (Å²) < 4.78 is 33.0. The van der Waals surface area contributed by atoms with Crippen molar-refractivity contribution < 1.29 is 84.3 Å². The fourth-order valence-electron chi connectivity index (χ4n) is 5.64. The van der Waals surface area contributed by atoms with Crippen LogP contribution in [-0.2, 0) is 28.5 Å². The minimum Gasteiger partial charge on any atom is -0.508 e. The molecule has 14 unspecified atom stereocenters. The number of hydrogen-bond acceptors (Lipinski definition) is 17. The summed E-state index contributed by atoms with van der Waals surface area (Å²) in [6.45, 7) is -2.19. The third-order valence-electron chi connectivity index (χ3n) is 8.28. The average Bonchev–Trinajstić information content (AvgIpc) is 3.40. The van der Waals surface area contributed by atoms with Crippen LogP contribution in [0.15, 0.2) is 48.3 Å². The number of carbonyl (C=O) groups is 1. The van der Waals surface area contributed by atoms with Crippen molar-refractivity contribution in [1.82, 2.24) is 0 Å². The number of aliphatic hydroxyl groups is 9. The molecule has 14 atom stereocenters. The fourth-order valence-corrected chi connectivity index (χ4v) is 5.64. The largest absolute Gasteiger partial charge is 0.508 e. The zero-order chi connectivity index (χ0) is 32.6. The second-order valence-electron chi connectivity index (χ2n) is 11.2. The van der Waals surface area contributed by atoms with Gasteiger partial charge < -0.3 is 79.5 Å². The van der Waals surface area contributed by atoms with E-state index in [0.29, 0.717) is 0 Å². The first-order valence-electron chi connectivity index (χ1n) is 14.0. The Hall–Kier alpha value is -2.91. The van der Waals surface area contributed by atoms with Crippen molar-refractivity contribution in [2.24, 2.45) is 11.8 Å². The Bertz CT molecular complexity index is 1240. The number of phenols is 1. The van der Waals surface area contributed by atoms with Crippen molar-refractivity contribution in [3.05, 3.63) is 48.3 Å². The maximum Gasteiger partial charge on any atom is 0.337 e. The van der Waals surface area contributed by atoms with Crippen molar-refractivity contribution in [2.75, 3.05) is 19.8 Å². The van der Waals surface area contributed by atoms with Crippen molar-refractivity contribution in [3.63, 3.8) is 0 Å². The molecule has 2 fully saturated rings. The molecule has 45 heavy (non-hydrogen) atoms. The molecular formula is C28H36O17. The summed E-state index contributed by atoms with van der Waals surface area (Å²) in [6, 6.07) is 5.39. The van der Waals surface area contributed by atoms with Gasteiger partial charge in [-0.15, -0.1) is 0 Å². The molecule has 4 aliphatic rings. The highest BCUT2D eigenvalue weighted by Gasteiger charge is 2.56. The van der Waals surface area contributed by atoms with E-state index in [9.17, 15) is 55.9 Å². The lowest BCUT2D eigenvalue weighted by molar-refractivity contribution is -0.346. The van der Waals surface area contributed by atoms with Gasteiger partial charge in [0.25, 0.3) is 0 Å². The zero-order valence-corrected chi connectivity index (χ0v) is 23.5. The molecule has 17 heteroatoms. The molecule has 0 radical (unpaired) electrons. The van der Waals surface area contributed by atoms with Crippen LogP contribution in [-0.4, -0.2) is 150 Å². The Morgan fingerprint density at radius 3 is 2.09 bits per heavy atom. The van der Waals surface area contributed by atoms with E-state index in [-0.39, 0.29) is 17.1 Å². The minimum absolute atomic E-state index is 0.0442. The van der Waals surface area contributed by atoms with Crippen LogP contribution in [0.3, 0.4) is 0 Å². The molecule has 10 N–H and O–H groups in total. The Labute approximate surface area is 255 Å². The number of hydrogen-bond donors (Lipinski definition) is 10. The maximum atomic E-state index is 13.2. The van der Waals surface area contributed by atoms with Crippen LogP contribution in [0.4, 0.5) is 0 Å². The van der Waals surface area contributed by atoms with Gasteiger partial charge in [-0.1, -0.05) is 12.2 Å². The van der Waals surface area contributed by atoms with Crippen LogP contribution in [0, 0.1) is 11.8 Å². The summed E-state index contributed by atoms with van der Waals surface area (Å²) in [4.78, 5) is 13.2. The molecule has 3 heterocycles. The van der Waals surface area contributed by atoms with Crippen LogP contribution in [0.25, 0.3) is 0 Å². The summed E-state index contributed by atoms with van der Waals surface area (Å²) >= 11 is 0.